The number of nitrogens with one attached hydrogen (secondary N) is 3. The van der Waals surface area contributed by atoms with E-state index in [1.807, 2.05) is 0 Å². The van der Waals surface area contributed by atoms with Gasteiger partial charge in [-0.25, -0.2) is 4.39 Å². The molecule has 0 unspecified atom stereocenters. The van der Waals surface area contributed by atoms with Crippen LogP contribution in [-0.4, -0.2) is 19.2 Å². The van der Waals surface area contributed by atoms with Gasteiger partial charge in [-0.1, -0.05) is 11.6 Å². The molecule has 0 aromatic heterocycles. The van der Waals surface area contributed by atoms with Gasteiger partial charge in [0.1, 0.15) is 5.82 Å². The van der Waals surface area contributed by atoms with E-state index in [1.165, 1.54) is 18.2 Å². The van der Waals surface area contributed by atoms with E-state index < -0.39 is 5.82 Å². The average Bonchev–Trinajstić information content (AvgIpc) is 2.50. The van der Waals surface area contributed by atoms with E-state index in [-0.39, 0.29) is 10.9 Å². The summed E-state index contributed by atoms with van der Waals surface area (Å²) in [7, 11) is 1.74. The van der Waals surface area contributed by atoms with Gasteiger partial charge in [-0.05, 0) is 36.4 Å². The van der Waals surface area contributed by atoms with Crippen LogP contribution in [0.5, 0.6) is 0 Å². The molecule has 21 heavy (non-hydrogen) atoms. The highest BCUT2D eigenvalue weighted by Crippen LogP contribution is 2.21. The van der Waals surface area contributed by atoms with Crippen molar-refractivity contribution >= 4 is 35.1 Å². The number of rotatable bonds is 4. The molecule has 0 bridgehead atoms. The zero-order valence-corrected chi connectivity index (χ0v) is 12.0. The molecule has 1 amide bonds. The van der Waals surface area contributed by atoms with Gasteiger partial charge in [-0.2, -0.15) is 0 Å². The average molecular weight is 306 g/mol. The normalized spacial score (nSPS) is 10.0. The molecule has 4 nitrogen and oxygen atoms in total. The molecule has 0 spiro atoms. The van der Waals surface area contributed by atoms with E-state index in [1.54, 1.807) is 25.2 Å². The summed E-state index contributed by atoms with van der Waals surface area (Å²) in [4.78, 5) is 12.1. The highest BCUT2D eigenvalue weighted by Gasteiger charge is 2.10. The van der Waals surface area contributed by atoms with Crippen molar-refractivity contribution in [2.24, 2.45) is 0 Å². The van der Waals surface area contributed by atoms with Crippen molar-refractivity contribution in [1.82, 2.24) is 0 Å². The lowest BCUT2D eigenvalue weighted by atomic mass is 10.1. The Morgan fingerprint density at radius 3 is 2.67 bits per heavy atom. The molecular formula is C15H13ClFN3O. The van der Waals surface area contributed by atoms with Crippen molar-refractivity contribution in [3.63, 3.8) is 0 Å². The van der Waals surface area contributed by atoms with Gasteiger partial charge in [0.25, 0.3) is 5.91 Å². The predicted molar refractivity (Wildman–Crippen MR) is 83.2 cm³/mol. The largest absolute Gasteiger partial charge is 0.388 e. The lowest BCUT2D eigenvalue weighted by Gasteiger charge is -2.09. The molecule has 0 atom stereocenters. The first-order chi connectivity index (χ1) is 10.0. The molecule has 6 heteroatoms. The third-order valence-electron chi connectivity index (χ3n) is 2.92. The molecule has 2 aromatic carbocycles. The fourth-order valence-electron chi connectivity index (χ4n) is 1.83. The number of benzene rings is 2. The Hall–Kier alpha value is -2.40. The van der Waals surface area contributed by atoms with E-state index >= 15 is 0 Å². The summed E-state index contributed by atoms with van der Waals surface area (Å²) in [5.74, 6) is -0.900. The van der Waals surface area contributed by atoms with Crippen LogP contribution in [0.1, 0.15) is 15.9 Å². The summed E-state index contributed by atoms with van der Waals surface area (Å²) in [6, 6.07) is 8.91. The Bertz CT molecular complexity index is 703. The second-order valence-corrected chi connectivity index (χ2v) is 4.69. The summed E-state index contributed by atoms with van der Waals surface area (Å²) < 4.78 is 13.1. The van der Waals surface area contributed by atoms with Gasteiger partial charge < -0.3 is 16.0 Å². The summed E-state index contributed by atoms with van der Waals surface area (Å²) in [6.07, 6.45) is 1.16. The fourth-order valence-corrected chi connectivity index (χ4v) is 2.01. The predicted octanol–water partition coefficient (Wildman–Crippen LogP) is 3.77. The number of carbonyl (C=O) groups excluding carboxylic acids is 1. The van der Waals surface area contributed by atoms with Gasteiger partial charge in [0.15, 0.2) is 0 Å². The highest BCUT2D eigenvalue weighted by atomic mass is 35.5. The second-order valence-electron chi connectivity index (χ2n) is 4.28. The smallest absolute Gasteiger partial charge is 0.255 e. The van der Waals surface area contributed by atoms with Gasteiger partial charge in [0.05, 0.1) is 5.02 Å². The van der Waals surface area contributed by atoms with Crippen LogP contribution >= 0.6 is 11.6 Å². The Morgan fingerprint density at radius 1 is 1.29 bits per heavy atom. The minimum Gasteiger partial charge on any atom is -0.388 e. The molecule has 0 aliphatic heterocycles. The molecule has 0 aliphatic rings. The van der Waals surface area contributed by atoms with Gasteiger partial charge >= 0.3 is 0 Å². The van der Waals surface area contributed by atoms with Crippen LogP contribution in [-0.2, 0) is 0 Å². The van der Waals surface area contributed by atoms with Gasteiger partial charge in [0.2, 0.25) is 0 Å². The lowest BCUT2D eigenvalue weighted by Crippen LogP contribution is -2.12. The monoisotopic (exact) mass is 305 g/mol. The Balaban J connectivity index is 2.23. The number of hydrogen-bond donors (Lipinski definition) is 3. The van der Waals surface area contributed by atoms with E-state index in [4.69, 9.17) is 17.0 Å². The van der Waals surface area contributed by atoms with E-state index in [0.717, 1.165) is 11.9 Å². The zero-order valence-electron chi connectivity index (χ0n) is 11.2. The maximum Gasteiger partial charge on any atom is 0.255 e. The minimum absolute atomic E-state index is 0.0569. The molecular weight excluding hydrogens is 293 g/mol. The Labute approximate surface area is 126 Å². The summed E-state index contributed by atoms with van der Waals surface area (Å²) in [6.45, 7) is 0. The van der Waals surface area contributed by atoms with Crippen LogP contribution in [0.2, 0.25) is 5.02 Å². The zero-order chi connectivity index (χ0) is 15.4. The fraction of sp³-hybridized carbons (Fsp3) is 0.0667. The van der Waals surface area contributed by atoms with E-state index in [9.17, 15) is 9.18 Å². The maximum atomic E-state index is 13.1. The van der Waals surface area contributed by atoms with Crippen molar-refractivity contribution in [3.8, 4) is 0 Å². The minimum atomic E-state index is -0.542. The number of amides is 1. The molecule has 0 fully saturated rings. The Kier molecular flexibility index (Phi) is 4.55. The van der Waals surface area contributed by atoms with Gasteiger partial charge in [-0.15, -0.1) is 0 Å². The van der Waals surface area contributed by atoms with E-state index in [0.29, 0.717) is 16.8 Å². The highest BCUT2D eigenvalue weighted by molar-refractivity contribution is 6.31. The first-order valence-electron chi connectivity index (χ1n) is 6.14. The number of anilines is 2. The van der Waals surface area contributed by atoms with E-state index in [2.05, 4.69) is 10.6 Å². The van der Waals surface area contributed by atoms with Crippen LogP contribution in [0.3, 0.4) is 0 Å². The molecule has 0 heterocycles. The van der Waals surface area contributed by atoms with Crippen molar-refractivity contribution in [1.29, 1.82) is 5.41 Å². The standard InChI is InChI=1S/C15H13ClFN3O/c1-19-14-5-2-9(6-10(14)8-18)15(21)20-11-3-4-13(17)12(16)7-11/h2-8,18-19H,1H3,(H,20,21). The topological polar surface area (TPSA) is 65.0 Å². The summed E-state index contributed by atoms with van der Waals surface area (Å²) >= 11 is 5.67. The molecule has 2 aromatic rings. The molecule has 0 saturated carbocycles. The van der Waals surface area contributed by atoms with Gasteiger partial charge in [-0.3, -0.25) is 4.79 Å². The number of carbonyl (C=O) groups is 1. The van der Waals surface area contributed by atoms with Crippen LogP contribution in [0, 0.1) is 11.2 Å². The van der Waals surface area contributed by atoms with Crippen LogP contribution in [0.25, 0.3) is 0 Å². The third-order valence-corrected chi connectivity index (χ3v) is 3.21. The summed E-state index contributed by atoms with van der Waals surface area (Å²) in [5, 5.41) is 12.8. The second kappa shape index (κ2) is 6.37. The van der Waals surface area contributed by atoms with Crippen LogP contribution < -0.4 is 10.6 Å². The number of halogens is 2. The molecule has 3 N–H and O–H groups in total. The molecule has 0 saturated heterocycles. The van der Waals surface area contributed by atoms with Crippen LogP contribution in [0.15, 0.2) is 36.4 Å². The third kappa shape index (κ3) is 3.38. The summed E-state index contributed by atoms with van der Waals surface area (Å²) in [5.41, 5.74) is 2.15. The van der Waals surface area contributed by atoms with Crippen molar-refractivity contribution in [3.05, 3.63) is 58.4 Å². The van der Waals surface area contributed by atoms with Crippen molar-refractivity contribution in [2.45, 2.75) is 0 Å². The van der Waals surface area contributed by atoms with Gasteiger partial charge in [0, 0.05) is 35.8 Å². The number of hydrogen-bond acceptors (Lipinski definition) is 3. The van der Waals surface area contributed by atoms with Crippen molar-refractivity contribution in [2.75, 3.05) is 17.7 Å². The molecule has 0 radical (unpaired) electrons. The van der Waals surface area contributed by atoms with Crippen molar-refractivity contribution < 1.29 is 9.18 Å². The SMILES string of the molecule is CNc1ccc(C(=O)Nc2ccc(F)c(Cl)c2)cc1C=N. The molecule has 2 rings (SSSR count). The quantitative estimate of drug-likeness (QED) is 0.753. The molecule has 108 valence electrons. The first kappa shape index (κ1) is 15.0. The molecule has 0 aliphatic carbocycles. The first-order valence-corrected chi connectivity index (χ1v) is 6.51. The maximum absolute atomic E-state index is 13.1. The Morgan fingerprint density at radius 2 is 2.05 bits per heavy atom. The lowest BCUT2D eigenvalue weighted by molar-refractivity contribution is 0.102. The van der Waals surface area contributed by atoms with Crippen LogP contribution in [0.4, 0.5) is 15.8 Å².